The zero-order valence-corrected chi connectivity index (χ0v) is 11.0. The van der Waals surface area contributed by atoms with Crippen LogP contribution in [0.15, 0.2) is 41.0 Å². The second-order valence-corrected chi connectivity index (χ2v) is 4.96. The van der Waals surface area contributed by atoms with Crippen LogP contribution in [0, 0.1) is 0 Å². The van der Waals surface area contributed by atoms with Crippen LogP contribution in [-0.2, 0) is 10.4 Å². The van der Waals surface area contributed by atoms with Gasteiger partial charge in [0.1, 0.15) is 0 Å². The lowest BCUT2D eigenvalue weighted by Gasteiger charge is -2.19. The monoisotopic (exact) mass is 291 g/mol. The van der Waals surface area contributed by atoms with Crippen molar-refractivity contribution in [3.05, 3.63) is 52.9 Å². The number of rotatable bonds is 3. The first-order valence-electron chi connectivity index (χ1n) is 5.92. The Hall–Kier alpha value is -2.11. The van der Waals surface area contributed by atoms with Gasteiger partial charge in [-0.15, -0.1) is 0 Å². The van der Waals surface area contributed by atoms with Gasteiger partial charge in [-0.1, -0.05) is 23.7 Å². The summed E-state index contributed by atoms with van der Waals surface area (Å²) < 4.78 is 4.98. The van der Waals surface area contributed by atoms with E-state index in [0.717, 1.165) is 0 Å². The van der Waals surface area contributed by atoms with Crippen LogP contribution in [0.1, 0.15) is 22.5 Å². The zero-order valence-electron chi connectivity index (χ0n) is 10.2. The number of hydrogen-bond donors (Lipinski definition) is 2. The molecule has 2 N–H and O–H groups in total. The zero-order chi connectivity index (χ0) is 14.3. The summed E-state index contributed by atoms with van der Waals surface area (Å²) in [5, 5.41) is 13.4. The number of carbonyl (C=O) groups excluding carboxylic acids is 2. The van der Waals surface area contributed by atoms with E-state index in [9.17, 15) is 14.7 Å². The van der Waals surface area contributed by atoms with E-state index in [1.165, 1.54) is 12.3 Å². The van der Waals surface area contributed by atoms with Crippen LogP contribution in [0.5, 0.6) is 0 Å². The first-order chi connectivity index (χ1) is 9.52. The average molecular weight is 292 g/mol. The predicted molar refractivity (Wildman–Crippen MR) is 71.6 cm³/mol. The Morgan fingerprint density at radius 2 is 2.15 bits per heavy atom. The molecule has 2 heterocycles. The molecule has 0 unspecified atom stereocenters. The van der Waals surface area contributed by atoms with Gasteiger partial charge in [0, 0.05) is 5.56 Å². The van der Waals surface area contributed by atoms with Crippen LogP contribution in [0.2, 0.25) is 5.02 Å². The number of nitrogens with one attached hydrogen (secondary N) is 1. The van der Waals surface area contributed by atoms with E-state index in [-0.39, 0.29) is 5.76 Å². The molecule has 1 aromatic carbocycles. The molecule has 0 spiro atoms. The number of fused-ring (bicyclic) bond motifs is 1. The standard InChI is InChI=1S/C14H10ClNO4/c15-9-4-1-3-8-12(9)16-13(18)14(8,19)7-10(17)11-5-2-6-20-11/h1-6,19H,7H2,(H,16,18)/t14-/m0/s1. The number of carbonyl (C=O) groups is 2. The Morgan fingerprint density at radius 3 is 2.85 bits per heavy atom. The van der Waals surface area contributed by atoms with Crippen molar-refractivity contribution in [1.29, 1.82) is 0 Å². The molecule has 5 nitrogen and oxygen atoms in total. The fourth-order valence-electron chi connectivity index (χ4n) is 2.27. The van der Waals surface area contributed by atoms with Crippen LogP contribution >= 0.6 is 11.6 Å². The number of amides is 1. The van der Waals surface area contributed by atoms with Gasteiger partial charge < -0.3 is 14.8 Å². The van der Waals surface area contributed by atoms with Gasteiger partial charge in [0.05, 0.1) is 23.4 Å². The third-order valence-electron chi connectivity index (χ3n) is 3.29. The SMILES string of the molecule is O=C(C[C@@]1(O)C(=O)Nc2c(Cl)cccc21)c1ccco1. The lowest BCUT2D eigenvalue weighted by Crippen LogP contribution is -2.36. The number of hydrogen-bond acceptors (Lipinski definition) is 4. The Labute approximate surface area is 119 Å². The fraction of sp³-hybridized carbons (Fsp3) is 0.143. The van der Waals surface area contributed by atoms with Gasteiger partial charge in [0.2, 0.25) is 5.78 Å². The van der Waals surface area contributed by atoms with E-state index in [2.05, 4.69) is 5.32 Å². The molecule has 20 heavy (non-hydrogen) atoms. The number of benzene rings is 1. The van der Waals surface area contributed by atoms with Crippen molar-refractivity contribution >= 4 is 29.0 Å². The molecule has 0 fully saturated rings. The molecule has 1 aliphatic heterocycles. The van der Waals surface area contributed by atoms with E-state index >= 15 is 0 Å². The largest absolute Gasteiger partial charge is 0.461 e. The van der Waals surface area contributed by atoms with Crippen molar-refractivity contribution in [2.75, 3.05) is 5.32 Å². The summed E-state index contributed by atoms with van der Waals surface area (Å²) in [6, 6.07) is 7.83. The number of ketones is 1. The maximum absolute atomic E-state index is 12.0. The van der Waals surface area contributed by atoms with Crippen LogP contribution in [0.4, 0.5) is 5.69 Å². The highest BCUT2D eigenvalue weighted by Gasteiger charge is 2.47. The molecule has 0 aliphatic carbocycles. The highest BCUT2D eigenvalue weighted by atomic mass is 35.5. The molecule has 6 heteroatoms. The Morgan fingerprint density at radius 1 is 1.35 bits per heavy atom. The molecule has 0 radical (unpaired) electrons. The van der Waals surface area contributed by atoms with Crippen LogP contribution < -0.4 is 5.32 Å². The van der Waals surface area contributed by atoms with Gasteiger partial charge in [-0.2, -0.15) is 0 Å². The van der Waals surface area contributed by atoms with E-state index < -0.39 is 23.7 Å². The third-order valence-corrected chi connectivity index (χ3v) is 3.60. The second-order valence-electron chi connectivity index (χ2n) is 4.55. The topological polar surface area (TPSA) is 79.5 Å². The minimum atomic E-state index is -1.93. The maximum atomic E-state index is 12.0. The molecular weight excluding hydrogens is 282 g/mol. The van der Waals surface area contributed by atoms with Gasteiger partial charge in [-0.05, 0) is 18.2 Å². The molecule has 1 atom stereocenters. The first kappa shape index (κ1) is 12.9. The van der Waals surface area contributed by atoms with Crippen LogP contribution in [0.25, 0.3) is 0 Å². The minimum absolute atomic E-state index is 0.0988. The van der Waals surface area contributed by atoms with Gasteiger partial charge in [-0.25, -0.2) is 0 Å². The van der Waals surface area contributed by atoms with E-state index in [1.54, 1.807) is 24.3 Å². The number of para-hydroxylation sites is 1. The number of anilines is 1. The highest BCUT2D eigenvalue weighted by molar-refractivity contribution is 6.34. The maximum Gasteiger partial charge on any atom is 0.261 e. The van der Waals surface area contributed by atoms with Crippen LogP contribution in [-0.4, -0.2) is 16.8 Å². The molecule has 3 rings (SSSR count). The number of furan rings is 1. The van der Waals surface area contributed by atoms with Gasteiger partial charge >= 0.3 is 0 Å². The van der Waals surface area contributed by atoms with Crippen molar-refractivity contribution in [1.82, 2.24) is 0 Å². The van der Waals surface area contributed by atoms with Gasteiger partial charge in [-0.3, -0.25) is 9.59 Å². The average Bonchev–Trinajstić information content (AvgIpc) is 3.01. The molecular formula is C14H10ClNO4. The quantitative estimate of drug-likeness (QED) is 0.851. The smallest absolute Gasteiger partial charge is 0.261 e. The van der Waals surface area contributed by atoms with Crippen molar-refractivity contribution < 1.29 is 19.1 Å². The number of aliphatic hydroxyl groups is 1. The Bertz CT molecular complexity index is 695. The third kappa shape index (κ3) is 1.83. The van der Waals surface area contributed by atoms with Crippen molar-refractivity contribution in [2.24, 2.45) is 0 Å². The number of halogens is 1. The summed E-state index contributed by atoms with van der Waals surface area (Å²) >= 11 is 5.97. The molecule has 1 aliphatic rings. The molecule has 102 valence electrons. The molecule has 2 aromatic rings. The highest BCUT2D eigenvalue weighted by Crippen LogP contribution is 2.42. The first-order valence-corrected chi connectivity index (χ1v) is 6.30. The summed E-state index contributed by atoms with van der Waals surface area (Å²) in [6.45, 7) is 0. The normalized spacial score (nSPS) is 20.6. The molecule has 0 saturated heterocycles. The van der Waals surface area contributed by atoms with Gasteiger partial charge in [0.25, 0.3) is 5.91 Å². The van der Waals surface area contributed by atoms with Crippen molar-refractivity contribution in [3.8, 4) is 0 Å². The summed E-state index contributed by atoms with van der Waals surface area (Å²) in [6.07, 6.45) is 0.955. The molecule has 0 saturated carbocycles. The summed E-state index contributed by atoms with van der Waals surface area (Å²) in [4.78, 5) is 24.0. The molecule has 1 amide bonds. The summed E-state index contributed by atoms with van der Waals surface area (Å²) in [5.41, 5.74) is -1.28. The van der Waals surface area contributed by atoms with Gasteiger partial charge in [0.15, 0.2) is 11.4 Å². The second kappa shape index (κ2) is 4.47. The predicted octanol–water partition coefficient (Wildman–Crippen LogP) is 2.35. The Balaban J connectivity index is 1.99. The van der Waals surface area contributed by atoms with Crippen molar-refractivity contribution in [3.63, 3.8) is 0 Å². The number of Topliss-reactive ketones (excluding diaryl/α,β-unsaturated/α-hetero) is 1. The minimum Gasteiger partial charge on any atom is -0.461 e. The van der Waals surface area contributed by atoms with E-state index in [0.29, 0.717) is 16.3 Å². The summed E-state index contributed by atoms with van der Waals surface area (Å²) in [5.74, 6) is -1.03. The molecule has 1 aromatic heterocycles. The lowest BCUT2D eigenvalue weighted by atomic mass is 9.89. The fourth-order valence-corrected chi connectivity index (χ4v) is 2.49. The van der Waals surface area contributed by atoms with E-state index in [1.807, 2.05) is 0 Å². The lowest BCUT2D eigenvalue weighted by molar-refractivity contribution is -0.133. The molecule has 0 bridgehead atoms. The summed E-state index contributed by atoms with van der Waals surface area (Å²) in [7, 11) is 0. The van der Waals surface area contributed by atoms with Crippen molar-refractivity contribution in [2.45, 2.75) is 12.0 Å². The van der Waals surface area contributed by atoms with E-state index in [4.69, 9.17) is 16.0 Å². The Kier molecular flexibility index (Phi) is 2.88. The van der Waals surface area contributed by atoms with Crippen LogP contribution in [0.3, 0.4) is 0 Å².